The molecule has 1 aliphatic rings. The van der Waals surface area contributed by atoms with Crippen LogP contribution >= 0.6 is 0 Å². The van der Waals surface area contributed by atoms with Gasteiger partial charge in [-0.1, -0.05) is 6.08 Å². The van der Waals surface area contributed by atoms with Gasteiger partial charge in [-0.15, -0.1) is 0 Å². The van der Waals surface area contributed by atoms with Gasteiger partial charge in [0.1, 0.15) is 6.10 Å². The van der Waals surface area contributed by atoms with Crippen LogP contribution in [0.2, 0.25) is 0 Å². The number of methoxy groups -OCH3 is 1. The van der Waals surface area contributed by atoms with E-state index < -0.39 is 29.8 Å². The summed E-state index contributed by atoms with van der Waals surface area (Å²) < 4.78 is 22.4. The smallest absolute Gasteiger partial charge is 0.356 e. The minimum atomic E-state index is -2.86. The second kappa shape index (κ2) is 4.61. The van der Waals surface area contributed by atoms with Gasteiger partial charge in [-0.05, 0) is 19.4 Å². The minimum Gasteiger partial charge on any atom is -0.466 e. The first-order valence-corrected chi connectivity index (χ1v) is 4.72. The zero-order valence-electron chi connectivity index (χ0n) is 8.97. The van der Waals surface area contributed by atoms with E-state index in [4.69, 9.17) is 0 Å². The predicted molar refractivity (Wildman–Crippen MR) is 51.2 cm³/mol. The van der Waals surface area contributed by atoms with E-state index in [1.807, 2.05) is 0 Å². The predicted octanol–water partition coefficient (Wildman–Crippen LogP) is 0.120. The van der Waals surface area contributed by atoms with E-state index >= 15 is 0 Å². The summed E-state index contributed by atoms with van der Waals surface area (Å²) in [6, 6.07) is 0. The summed E-state index contributed by atoms with van der Waals surface area (Å²) in [5.74, 6) is -2.69. The van der Waals surface area contributed by atoms with Crippen molar-refractivity contribution in [1.29, 1.82) is 0 Å². The Morgan fingerprint density at radius 1 is 1.50 bits per heavy atom. The molecule has 0 saturated heterocycles. The summed E-state index contributed by atoms with van der Waals surface area (Å²) in [6.07, 6.45) is 1.58. The molecule has 0 radical (unpaired) electrons. The fourth-order valence-electron chi connectivity index (χ4n) is 1.24. The maximum atomic E-state index is 13.6. The van der Waals surface area contributed by atoms with Crippen LogP contribution in [-0.4, -0.2) is 42.0 Å². The van der Waals surface area contributed by atoms with Gasteiger partial charge in [0.2, 0.25) is 0 Å². The van der Waals surface area contributed by atoms with Gasteiger partial charge in [0, 0.05) is 0 Å². The first-order chi connectivity index (χ1) is 7.39. The summed E-state index contributed by atoms with van der Waals surface area (Å²) in [4.78, 5) is 22.3. The van der Waals surface area contributed by atoms with Crippen molar-refractivity contribution in [2.45, 2.75) is 31.2 Å². The average Bonchev–Trinajstić information content (AvgIpc) is 2.63. The second-order valence-corrected chi connectivity index (χ2v) is 3.60. The van der Waals surface area contributed by atoms with Crippen molar-refractivity contribution in [2.24, 2.45) is 0 Å². The standard InChI is InChI=1S/C10H13FO5/c1-10(11,8(13)15-2)9(14)16-7-5-3-4-6(7)12/h3,5-7,12H,4H2,1-2H3/t6-,7-,10?/m1/s1. The molecule has 0 heterocycles. The molecule has 1 aliphatic carbocycles. The van der Waals surface area contributed by atoms with Gasteiger partial charge in [0.05, 0.1) is 13.2 Å². The van der Waals surface area contributed by atoms with Gasteiger partial charge in [0.15, 0.2) is 0 Å². The lowest BCUT2D eigenvalue weighted by molar-refractivity contribution is -0.176. The van der Waals surface area contributed by atoms with Crippen LogP contribution in [-0.2, 0) is 19.1 Å². The third-order valence-electron chi connectivity index (χ3n) is 2.28. The molecule has 1 N–H and O–H groups in total. The van der Waals surface area contributed by atoms with Crippen LogP contribution in [0.3, 0.4) is 0 Å². The first kappa shape index (κ1) is 12.6. The number of hydrogen-bond donors (Lipinski definition) is 1. The number of hydrogen-bond acceptors (Lipinski definition) is 5. The second-order valence-electron chi connectivity index (χ2n) is 3.60. The molecule has 0 spiro atoms. The fourth-order valence-corrected chi connectivity index (χ4v) is 1.24. The van der Waals surface area contributed by atoms with Crippen molar-refractivity contribution in [3.8, 4) is 0 Å². The number of ether oxygens (including phenoxy) is 2. The SMILES string of the molecule is COC(=O)C(C)(F)C(=O)O[C@@H]1C=CC[C@H]1O. The van der Waals surface area contributed by atoms with Gasteiger partial charge in [-0.25, -0.2) is 14.0 Å². The van der Waals surface area contributed by atoms with Crippen LogP contribution < -0.4 is 0 Å². The topological polar surface area (TPSA) is 72.8 Å². The normalized spacial score (nSPS) is 27.2. The van der Waals surface area contributed by atoms with Crippen LogP contribution in [0.5, 0.6) is 0 Å². The van der Waals surface area contributed by atoms with E-state index in [0.717, 1.165) is 14.0 Å². The molecule has 0 aromatic carbocycles. The van der Waals surface area contributed by atoms with Crippen molar-refractivity contribution in [3.05, 3.63) is 12.2 Å². The fraction of sp³-hybridized carbons (Fsp3) is 0.600. The monoisotopic (exact) mass is 232 g/mol. The van der Waals surface area contributed by atoms with E-state index in [1.165, 1.54) is 6.08 Å². The van der Waals surface area contributed by atoms with Crippen molar-refractivity contribution in [1.82, 2.24) is 0 Å². The number of rotatable bonds is 3. The number of halogens is 1. The summed E-state index contributed by atoms with van der Waals surface area (Å²) in [7, 11) is 0.970. The third kappa shape index (κ3) is 2.38. The maximum absolute atomic E-state index is 13.6. The molecule has 16 heavy (non-hydrogen) atoms. The Balaban J connectivity index is 2.64. The minimum absolute atomic E-state index is 0.333. The highest BCUT2D eigenvalue weighted by Gasteiger charge is 2.46. The lowest BCUT2D eigenvalue weighted by Gasteiger charge is -2.20. The Morgan fingerprint density at radius 3 is 2.56 bits per heavy atom. The molecule has 0 saturated carbocycles. The van der Waals surface area contributed by atoms with Gasteiger partial charge >= 0.3 is 11.9 Å². The number of aliphatic hydroxyl groups is 1. The van der Waals surface area contributed by atoms with Crippen molar-refractivity contribution >= 4 is 11.9 Å². The van der Waals surface area contributed by atoms with E-state index in [0.29, 0.717) is 6.42 Å². The van der Waals surface area contributed by atoms with Crippen LogP contribution in [0, 0.1) is 0 Å². The Bertz CT molecular complexity index is 323. The Morgan fingerprint density at radius 2 is 2.12 bits per heavy atom. The highest BCUT2D eigenvalue weighted by molar-refractivity contribution is 6.03. The van der Waals surface area contributed by atoms with Crippen molar-refractivity contribution in [3.63, 3.8) is 0 Å². The molecule has 0 aliphatic heterocycles. The lowest BCUT2D eigenvalue weighted by atomic mass is 10.1. The van der Waals surface area contributed by atoms with E-state index in [1.54, 1.807) is 6.08 Å². The molecule has 0 fully saturated rings. The summed E-state index contributed by atoms with van der Waals surface area (Å²) in [5.41, 5.74) is -2.86. The van der Waals surface area contributed by atoms with E-state index in [-0.39, 0.29) is 0 Å². The largest absolute Gasteiger partial charge is 0.466 e. The van der Waals surface area contributed by atoms with Crippen LogP contribution in [0.4, 0.5) is 4.39 Å². The molecular formula is C10H13FO5. The number of carbonyl (C=O) groups is 2. The summed E-state index contributed by atoms with van der Waals surface area (Å²) in [6.45, 7) is 0.756. The number of alkyl halides is 1. The Labute approximate surface area is 91.8 Å². The maximum Gasteiger partial charge on any atom is 0.356 e. The lowest BCUT2D eigenvalue weighted by Crippen LogP contribution is -2.44. The molecule has 5 nitrogen and oxygen atoms in total. The number of esters is 2. The van der Waals surface area contributed by atoms with Gasteiger partial charge < -0.3 is 14.6 Å². The molecule has 6 heteroatoms. The Kier molecular flexibility index (Phi) is 3.64. The van der Waals surface area contributed by atoms with Crippen molar-refractivity contribution < 1.29 is 28.6 Å². The Hall–Kier alpha value is -1.43. The average molecular weight is 232 g/mol. The highest BCUT2D eigenvalue weighted by Crippen LogP contribution is 2.20. The van der Waals surface area contributed by atoms with Crippen LogP contribution in [0.1, 0.15) is 13.3 Å². The van der Waals surface area contributed by atoms with Gasteiger partial charge in [-0.3, -0.25) is 0 Å². The van der Waals surface area contributed by atoms with Crippen molar-refractivity contribution in [2.75, 3.05) is 7.11 Å². The van der Waals surface area contributed by atoms with Gasteiger partial charge in [0.25, 0.3) is 5.67 Å². The highest BCUT2D eigenvalue weighted by atomic mass is 19.1. The number of carbonyl (C=O) groups excluding carboxylic acids is 2. The molecule has 0 aromatic heterocycles. The molecule has 0 aromatic rings. The molecule has 1 rings (SSSR count). The van der Waals surface area contributed by atoms with E-state index in [9.17, 15) is 19.1 Å². The first-order valence-electron chi connectivity index (χ1n) is 4.72. The zero-order chi connectivity index (χ0) is 12.3. The summed E-state index contributed by atoms with van der Waals surface area (Å²) in [5, 5.41) is 9.32. The quantitative estimate of drug-likeness (QED) is 0.425. The number of aliphatic hydroxyl groups excluding tert-OH is 1. The van der Waals surface area contributed by atoms with Crippen LogP contribution in [0.15, 0.2) is 12.2 Å². The molecule has 3 atom stereocenters. The molecule has 1 unspecified atom stereocenters. The third-order valence-corrected chi connectivity index (χ3v) is 2.28. The molecule has 0 amide bonds. The van der Waals surface area contributed by atoms with Gasteiger partial charge in [-0.2, -0.15) is 0 Å². The van der Waals surface area contributed by atoms with Crippen LogP contribution in [0.25, 0.3) is 0 Å². The molecule has 0 bridgehead atoms. The zero-order valence-corrected chi connectivity index (χ0v) is 8.97. The molecular weight excluding hydrogens is 219 g/mol. The molecule has 90 valence electrons. The summed E-state index contributed by atoms with van der Waals surface area (Å²) >= 11 is 0. The van der Waals surface area contributed by atoms with E-state index in [2.05, 4.69) is 9.47 Å².